The molecular weight excluding hydrogens is 242 g/mol. The molecule has 19 heavy (non-hydrogen) atoms. The van der Waals surface area contributed by atoms with Crippen molar-refractivity contribution in [1.82, 2.24) is 4.98 Å². The van der Waals surface area contributed by atoms with E-state index in [2.05, 4.69) is 4.98 Å². The summed E-state index contributed by atoms with van der Waals surface area (Å²) in [6.07, 6.45) is 1.84. The molecule has 0 radical (unpaired) electrons. The molecule has 4 nitrogen and oxygen atoms in total. The second kappa shape index (κ2) is 6.09. The minimum absolute atomic E-state index is 0.0480. The summed E-state index contributed by atoms with van der Waals surface area (Å²) in [6, 6.07) is 11.5. The minimum Gasteiger partial charge on any atom is -0.493 e. The normalized spacial score (nSPS) is 12.1. The topological polar surface area (TPSA) is 62.3 Å². The molecular formula is C15H17NO3. The van der Waals surface area contributed by atoms with Crippen LogP contribution >= 0.6 is 0 Å². The molecule has 2 rings (SSSR count). The van der Waals surface area contributed by atoms with E-state index in [1.165, 1.54) is 5.56 Å². The molecule has 4 heteroatoms. The Labute approximate surface area is 112 Å². The molecule has 0 fully saturated rings. The first-order valence-corrected chi connectivity index (χ1v) is 6.19. The zero-order valence-electron chi connectivity index (χ0n) is 10.8. The van der Waals surface area contributed by atoms with E-state index < -0.39 is 5.97 Å². The zero-order valence-corrected chi connectivity index (χ0v) is 10.8. The Morgan fingerprint density at radius 2 is 2.05 bits per heavy atom. The second-order valence-electron chi connectivity index (χ2n) is 4.54. The third-order valence-electron chi connectivity index (χ3n) is 2.96. The average molecular weight is 259 g/mol. The van der Waals surface area contributed by atoms with Crippen molar-refractivity contribution in [2.75, 3.05) is 6.61 Å². The number of benzene rings is 1. The number of aryl methyl sites for hydroxylation is 1. The van der Waals surface area contributed by atoms with Crippen LogP contribution in [0.1, 0.15) is 23.6 Å². The van der Waals surface area contributed by atoms with E-state index >= 15 is 0 Å². The molecule has 0 spiro atoms. The number of aromatic nitrogens is 1. The third-order valence-corrected chi connectivity index (χ3v) is 2.96. The van der Waals surface area contributed by atoms with Crippen molar-refractivity contribution in [3.63, 3.8) is 0 Å². The van der Waals surface area contributed by atoms with Crippen molar-refractivity contribution in [3.8, 4) is 5.75 Å². The molecule has 2 N–H and O–H groups in total. The van der Waals surface area contributed by atoms with Crippen molar-refractivity contribution in [3.05, 3.63) is 53.9 Å². The van der Waals surface area contributed by atoms with Crippen molar-refractivity contribution < 1.29 is 14.6 Å². The van der Waals surface area contributed by atoms with Crippen LogP contribution < -0.4 is 4.74 Å². The molecule has 0 amide bonds. The number of carboxylic acids is 1. The number of aliphatic carboxylic acids is 1. The molecule has 0 saturated heterocycles. The maximum absolute atomic E-state index is 10.9. The number of H-pyrrole nitrogens is 1. The monoisotopic (exact) mass is 259 g/mol. The van der Waals surface area contributed by atoms with Crippen molar-refractivity contribution in [2.45, 2.75) is 19.3 Å². The Balaban J connectivity index is 2.00. The fraction of sp³-hybridized carbons (Fsp3) is 0.267. The highest BCUT2D eigenvalue weighted by atomic mass is 16.5. The van der Waals surface area contributed by atoms with Crippen LogP contribution in [0.3, 0.4) is 0 Å². The largest absolute Gasteiger partial charge is 0.493 e. The summed E-state index contributed by atoms with van der Waals surface area (Å²) in [5, 5.41) is 8.95. The lowest BCUT2D eigenvalue weighted by Crippen LogP contribution is -2.15. The highest BCUT2D eigenvalue weighted by molar-refractivity contribution is 5.67. The number of nitrogens with one attached hydrogen (secondary N) is 1. The molecule has 0 aliphatic rings. The van der Waals surface area contributed by atoms with Crippen LogP contribution in [0.2, 0.25) is 0 Å². The fourth-order valence-corrected chi connectivity index (χ4v) is 1.90. The number of aromatic amines is 1. The maximum atomic E-state index is 10.9. The number of hydrogen-bond acceptors (Lipinski definition) is 2. The Bertz CT molecular complexity index is 517. The van der Waals surface area contributed by atoms with E-state index in [0.717, 1.165) is 11.4 Å². The highest BCUT2D eigenvalue weighted by Gasteiger charge is 2.17. The molecule has 0 bridgehead atoms. The van der Waals surface area contributed by atoms with E-state index in [-0.39, 0.29) is 12.3 Å². The SMILES string of the molecule is Cc1ccc(OCC(CC(=O)O)c2ccc[nH]2)cc1. The standard InChI is InChI=1S/C15H17NO3/c1-11-4-6-13(7-5-11)19-10-12(9-15(17)18)14-3-2-8-16-14/h2-8,12,16H,9-10H2,1H3,(H,17,18). The van der Waals surface area contributed by atoms with Crippen LogP contribution in [-0.4, -0.2) is 22.7 Å². The van der Waals surface area contributed by atoms with Gasteiger partial charge in [0.05, 0.1) is 13.0 Å². The van der Waals surface area contributed by atoms with E-state index in [1.807, 2.05) is 43.3 Å². The molecule has 1 aromatic carbocycles. The summed E-state index contributed by atoms with van der Waals surface area (Å²) in [6.45, 7) is 2.35. The van der Waals surface area contributed by atoms with Gasteiger partial charge in [0.25, 0.3) is 0 Å². The van der Waals surface area contributed by atoms with Gasteiger partial charge in [0.15, 0.2) is 0 Å². The van der Waals surface area contributed by atoms with E-state index in [9.17, 15) is 4.79 Å². The molecule has 0 aliphatic carbocycles. The first-order chi connectivity index (χ1) is 9.15. The number of carboxylic acid groups (broad SMARTS) is 1. The van der Waals surface area contributed by atoms with Crippen LogP contribution in [0.15, 0.2) is 42.6 Å². The van der Waals surface area contributed by atoms with Gasteiger partial charge in [-0.2, -0.15) is 0 Å². The summed E-state index contributed by atoms with van der Waals surface area (Å²) in [5.74, 6) is -0.242. The predicted octanol–water partition coefficient (Wildman–Crippen LogP) is 2.96. The molecule has 1 unspecified atom stereocenters. The molecule has 1 heterocycles. The zero-order chi connectivity index (χ0) is 13.7. The highest BCUT2D eigenvalue weighted by Crippen LogP contribution is 2.20. The first kappa shape index (κ1) is 13.2. The summed E-state index contributed by atoms with van der Waals surface area (Å²) in [4.78, 5) is 13.9. The molecule has 0 saturated carbocycles. The van der Waals surface area contributed by atoms with Gasteiger partial charge in [-0.1, -0.05) is 17.7 Å². The summed E-state index contributed by atoms with van der Waals surface area (Å²) >= 11 is 0. The molecule has 1 aromatic heterocycles. The quantitative estimate of drug-likeness (QED) is 0.838. The van der Waals surface area contributed by atoms with Crippen molar-refractivity contribution >= 4 is 5.97 Å². The number of ether oxygens (including phenoxy) is 1. The Hall–Kier alpha value is -2.23. The smallest absolute Gasteiger partial charge is 0.304 e. The van der Waals surface area contributed by atoms with Gasteiger partial charge < -0.3 is 14.8 Å². The predicted molar refractivity (Wildman–Crippen MR) is 72.5 cm³/mol. The number of carbonyl (C=O) groups is 1. The van der Waals surface area contributed by atoms with Gasteiger partial charge in [0, 0.05) is 17.8 Å². The molecule has 100 valence electrons. The minimum atomic E-state index is -0.827. The van der Waals surface area contributed by atoms with Gasteiger partial charge in [-0.05, 0) is 31.2 Å². The van der Waals surface area contributed by atoms with Crippen LogP contribution in [-0.2, 0) is 4.79 Å². The van der Waals surface area contributed by atoms with Crippen LogP contribution in [0.25, 0.3) is 0 Å². The van der Waals surface area contributed by atoms with Crippen LogP contribution in [0, 0.1) is 6.92 Å². The van der Waals surface area contributed by atoms with Crippen LogP contribution in [0.4, 0.5) is 0 Å². The van der Waals surface area contributed by atoms with E-state index in [1.54, 1.807) is 6.20 Å². The van der Waals surface area contributed by atoms with Crippen molar-refractivity contribution in [2.24, 2.45) is 0 Å². The van der Waals surface area contributed by atoms with Gasteiger partial charge >= 0.3 is 5.97 Å². The van der Waals surface area contributed by atoms with E-state index in [0.29, 0.717) is 6.61 Å². The number of hydrogen-bond donors (Lipinski definition) is 2. The Morgan fingerprint density at radius 1 is 1.32 bits per heavy atom. The fourth-order valence-electron chi connectivity index (χ4n) is 1.90. The van der Waals surface area contributed by atoms with Crippen LogP contribution in [0.5, 0.6) is 5.75 Å². The summed E-state index contributed by atoms with van der Waals surface area (Å²) in [7, 11) is 0. The average Bonchev–Trinajstić information content (AvgIpc) is 2.90. The van der Waals surface area contributed by atoms with Crippen molar-refractivity contribution in [1.29, 1.82) is 0 Å². The maximum Gasteiger partial charge on any atom is 0.304 e. The lowest BCUT2D eigenvalue weighted by Gasteiger charge is -2.15. The van der Waals surface area contributed by atoms with Gasteiger partial charge in [-0.3, -0.25) is 4.79 Å². The molecule has 1 atom stereocenters. The second-order valence-corrected chi connectivity index (χ2v) is 4.54. The van der Waals surface area contributed by atoms with Gasteiger partial charge in [-0.15, -0.1) is 0 Å². The summed E-state index contributed by atoms with van der Waals surface area (Å²) in [5.41, 5.74) is 2.05. The first-order valence-electron chi connectivity index (χ1n) is 6.19. The lowest BCUT2D eigenvalue weighted by molar-refractivity contribution is -0.137. The summed E-state index contributed by atoms with van der Waals surface area (Å²) < 4.78 is 5.66. The molecule has 2 aromatic rings. The van der Waals surface area contributed by atoms with E-state index in [4.69, 9.17) is 9.84 Å². The van der Waals surface area contributed by atoms with Gasteiger partial charge in [0.2, 0.25) is 0 Å². The number of rotatable bonds is 6. The molecule has 0 aliphatic heterocycles. The third kappa shape index (κ3) is 3.88. The van der Waals surface area contributed by atoms with Gasteiger partial charge in [0.1, 0.15) is 5.75 Å². The van der Waals surface area contributed by atoms with Gasteiger partial charge in [-0.25, -0.2) is 0 Å². The lowest BCUT2D eigenvalue weighted by atomic mass is 10.0. The Morgan fingerprint density at radius 3 is 2.63 bits per heavy atom. The Kier molecular flexibility index (Phi) is 4.23.